The second-order valence-corrected chi connectivity index (χ2v) is 5.09. The Morgan fingerprint density at radius 2 is 2.00 bits per heavy atom. The zero-order chi connectivity index (χ0) is 11.3. The summed E-state index contributed by atoms with van der Waals surface area (Å²) in [5, 5.41) is 0. The molecule has 0 aromatic carbocycles. The zero-order valence-electron chi connectivity index (χ0n) is 10.5. The van der Waals surface area contributed by atoms with E-state index in [4.69, 9.17) is 10.5 Å². The molecule has 0 spiro atoms. The van der Waals surface area contributed by atoms with Crippen LogP contribution in [0, 0.1) is 0 Å². The minimum atomic E-state index is 0.153. The van der Waals surface area contributed by atoms with Crippen LogP contribution in [-0.2, 0) is 4.74 Å². The number of nitrogens with two attached hydrogens (primary N) is 1. The second kappa shape index (κ2) is 5.83. The van der Waals surface area contributed by atoms with Crippen molar-refractivity contribution < 1.29 is 4.74 Å². The molecule has 2 N–H and O–H groups in total. The molecular weight excluding hydrogens is 188 g/mol. The lowest BCUT2D eigenvalue weighted by Gasteiger charge is -2.40. The van der Waals surface area contributed by atoms with Gasteiger partial charge in [-0.05, 0) is 39.5 Å². The van der Waals surface area contributed by atoms with Crippen LogP contribution >= 0.6 is 0 Å². The van der Waals surface area contributed by atoms with E-state index < -0.39 is 0 Å². The van der Waals surface area contributed by atoms with Gasteiger partial charge in [0.25, 0.3) is 0 Å². The summed E-state index contributed by atoms with van der Waals surface area (Å²) in [5.74, 6) is 0. The third-order valence-corrected chi connectivity index (χ3v) is 3.56. The maximum absolute atomic E-state index is 6.22. The van der Waals surface area contributed by atoms with Gasteiger partial charge in [0.05, 0.1) is 6.61 Å². The molecule has 0 unspecified atom stereocenters. The molecule has 0 atom stereocenters. The van der Waals surface area contributed by atoms with E-state index >= 15 is 0 Å². The molecule has 0 aromatic heterocycles. The number of rotatable bonds is 7. The zero-order valence-corrected chi connectivity index (χ0v) is 10.5. The van der Waals surface area contributed by atoms with E-state index in [-0.39, 0.29) is 5.54 Å². The first-order valence-corrected chi connectivity index (χ1v) is 6.09. The predicted octanol–water partition coefficient (Wildman–Crippen LogP) is 1.61. The Balaban J connectivity index is 2.24. The van der Waals surface area contributed by atoms with Gasteiger partial charge in [-0.15, -0.1) is 0 Å². The Labute approximate surface area is 94.0 Å². The Morgan fingerprint density at radius 1 is 1.33 bits per heavy atom. The third kappa shape index (κ3) is 4.09. The average molecular weight is 214 g/mol. The monoisotopic (exact) mass is 214 g/mol. The maximum Gasteiger partial charge on any atom is 0.0589 e. The van der Waals surface area contributed by atoms with Crippen molar-refractivity contribution in [3.05, 3.63) is 0 Å². The predicted molar refractivity (Wildman–Crippen MR) is 64.0 cm³/mol. The van der Waals surface area contributed by atoms with E-state index in [9.17, 15) is 0 Å². The van der Waals surface area contributed by atoms with Gasteiger partial charge in [-0.1, -0.05) is 0 Å². The van der Waals surface area contributed by atoms with Gasteiger partial charge in [-0.2, -0.15) is 0 Å². The number of nitrogens with zero attached hydrogens (tertiary/aromatic N) is 1. The summed E-state index contributed by atoms with van der Waals surface area (Å²) in [6.45, 7) is 7.41. The van der Waals surface area contributed by atoms with Gasteiger partial charge < -0.3 is 10.5 Å². The number of ether oxygens (including phenoxy) is 1. The van der Waals surface area contributed by atoms with Crippen LogP contribution in [0.15, 0.2) is 0 Å². The van der Waals surface area contributed by atoms with Crippen LogP contribution in [0.2, 0.25) is 0 Å². The highest BCUT2D eigenvalue weighted by molar-refractivity contribution is 4.93. The molecule has 3 heteroatoms. The standard InChI is InChI=1S/C12H26N2O/c1-11(2)14(9-10-15-3)8-7-12(13)5-4-6-12/h11H,4-10,13H2,1-3H3. The van der Waals surface area contributed by atoms with Crippen molar-refractivity contribution in [1.82, 2.24) is 4.90 Å². The lowest BCUT2D eigenvalue weighted by atomic mass is 9.75. The van der Waals surface area contributed by atoms with Gasteiger partial charge in [0.15, 0.2) is 0 Å². The van der Waals surface area contributed by atoms with Crippen molar-refractivity contribution in [1.29, 1.82) is 0 Å². The SMILES string of the molecule is COCCN(CCC1(N)CCC1)C(C)C. The first kappa shape index (κ1) is 12.9. The van der Waals surface area contributed by atoms with Gasteiger partial charge in [0.2, 0.25) is 0 Å². The highest BCUT2D eigenvalue weighted by Crippen LogP contribution is 2.32. The highest BCUT2D eigenvalue weighted by atomic mass is 16.5. The minimum absolute atomic E-state index is 0.153. The Morgan fingerprint density at radius 3 is 2.40 bits per heavy atom. The van der Waals surface area contributed by atoms with Gasteiger partial charge in [-0.3, -0.25) is 4.90 Å². The Bertz CT molecular complexity index is 178. The molecule has 1 aliphatic rings. The molecule has 1 rings (SSSR count). The van der Waals surface area contributed by atoms with Crippen LogP contribution in [0.25, 0.3) is 0 Å². The van der Waals surface area contributed by atoms with Crippen molar-refractivity contribution in [3.63, 3.8) is 0 Å². The van der Waals surface area contributed by atoms with Crippen LogP contribution < -0.4 is 5.73 Å². The van der Waals surface area contributed by atoms with E-state index in [0.717, 1.165) is 26.1 Å². The van der Waals surface area contributed by atoms with Crippen LogP contribution in [0.1, 0.15) is 39.5 Å². The maximum atomic E-state index is 6.22. The molecular formula is C12H26N2O. The van der Waals surface area contributed by atoms with Crippen molar-refractivity contribution in [2.24, 2.45) is 5.73 Å². The fourth-order valence-corrected chi connectivity index (χ4v) is 2.08. The lowest BCUT2D eigenvalue weighted by Crippen LogP contribution is -2.49. The minimum Gasteiger partial charge on any atom is -0.383 e. The molecule has 0 amide bonds. The van der Waals surface area contributed by atoms with Gasteiger partial charge in [-0.25, -0.2) is 0 Å². The largest absolute Gasteiger partial charge is 0.383 e. The second-order valence-electron chi connectivity index (χ2n) is 5.09. The summed E-state index contributed by atoms with van der Waals surface area (Å²) in [4.78, 5) is 2.45. The molecule has 90 valence electrons. The average Bonchev–Trinajstić information content (AvgIpc) is 2.14. The summed E-state index contributed by atoms with van der Waals surface area (Å²) in [7, 11) is 1.76. The molecule has 3 nitrogen and oxygen atoms in total. The molecule has 0 saturated heterocycles. The first-order chi connectivity index (χ1) is 7.07. The molecule has 0 aromatic rings. The van der Waals surface area contributed by atoms with E-state index in [2.05, 4.69) is 18.7 Å². The van der Waals surface area contributed by atoms with Crippen molar-refractivity contribution in [2.45, 2.75) is 51.1 Å². The van der Waals surface area contributed by atoms with E-state index in [1.54, 1.807) is 7.11 Å². The van der Waals surface area contributed by atoms with Crippen LogP contribution in [0.4, 0.5) is 0 Å². The molecule has 0 radical (unpaired) electrons. The fourth-order valence-electron chi connectivity index (χ4n) is 2.08. The Kier molecular flexibility index (Phi) is 5.03. The number of hydrogen-bond donors (Lipinski definition) is 1. The van der Waals surface area contributed by atoms with Crippen LogP contribution in [-0.4, -0.2) is 43.3 Å². The number of methoxy groups -OCH3 is 1. The van der Waals surface area contributed by atoms with Crippen LogP contribution in [0.3, 0.4) is 0 Å². The molecule has 15 heavy (non-hydrogen) atoms. The van der Waals surface area contributed by atoms with Crippen molar-refractivity contribution >= 4 is 0 Å². The molecule has 1 fully saturated rings. The molecule has 1 saturated carbocycles. The fraction of sp³-hybridized carbons (Fsp3) is 1.00. The highest BCUT2D eigenvalue weighted by Gasteiger charge is 2.32. The molecule has 0 aliphatic heterocycles. The third-order valence-electron chi connectivity index (χ3n) is 3.56. The van der Waals surface area contributed by atoms with Gasteiger partial charge in [0.1, 0.15) is 0 Å². The topological polar surface area (TPSA) is 38.5 Å². The quantitative estimate of drug-likeness (QED) is 0.700. The van der Waals surface area contributed by atoms with Crippen molar-refractivity contribution in [3.8, 4) is 0 Å². The molecule has 0 heterocycles. The van der Waals surface area contributed by atoms with Crippen molar-refractivity contribution in [2.75, 3.05) is 26.8 Å². The van der Waals surface area contributed by atoms with E-state index in [0.29, 0.717) is 6.04 Å². The van der Waals surface area contributed by atoms with E-state index in [1.807, 2.05) is 0 Å². The summed E-state index contributed by atoms with van der Waals surface area (Å²) in [6.07, 6.45) is 4.87. The summed E-state index contributed by atoms with van der Waals surface area (Å²) in [6, 6.07) is 0.587. The summed E-state index contributed by atoms with van der Waals surface area (Å²) in [5.41, 5.74) is 6.37. The first-order valence-electron chi connectivity index (χ1n) is 6.09. The smallest absolute Gasteiger partial charge is 0.0589 e. The summed E-state index contributed by atoms with van der Waals surface area (Å²) < 4.78 is 5.12. The Hall–Kier alpha value is -0.120. The number of hydrogen-bond acceptors (Lipinski definition) is 3. The van der Waals surface area contributed by atoms with Gasteiger partial charge >= 0.3 is 0 Å². The molecule has 0 bridgehead atoms. The molecule has 1 aliphatic carbocycles. The normalized spacial score (nSPS) is 19.6. The van der Waals surface area contributed by atoms with E-state index in [1.165, 1.54) is 19.3 Å². The summed E-state index contributed by atoms with van der Waals surface area (Å²) >= 11 is 0. The van der Waals surface area contributed by atoms with Gasteiger partial charge in [0, 0.05) is 31.8 Å². The lowest BCUT2D eigenvalue weighted by molar-refractivity contribution is 0.112. The van der Waals surface area contributed by atoms with Crippen LogP contribution in [0.5, 0.6) is 0 Å².